The Labute approximate surface area is 157 Å². The minimum atomic E-state index is 0.580. The van der Waals surface area contributed by atoms with Crippen LogP contribution in [0.3, 0.4) is 0 Å². The number of hydrogen-bond donors (Lipinski definition) is 2. The largest absolute Gasteiger partial charge is 0.332 e. The maximum Gasteiger partial charge on any atom is 0.184 e. The molecule has 1 aliphatic heterocycles. The van der Waals surface area contributed by atoms with E-state index in [4.69, 9.17) is 36.7 Å². The maximum atomic E-state index is 5.54. The Hall–Kier alpha value is -2.09. The van der Waals surface area contributed by atoms with Crippen molar-refractivity contribution < 1.29 is 0 Å². The van der Waals surface area contributed by atoms with Gasteiger partial charge in [0.1, 0.15) is 0 Å². The van der Waals surface area contributed by atoms with Crippen LogP contribution in [0.25, 0.3) is 0 Å². The van der Waals surface area contributed by atoms with Gasteiger partial charge in [-0.1, -0.05) is 36.4 Å². The first-order valence-electron chi connectivity index (χ1n) is 7.46. The summed E-state index contributed by atoms with van der Waals surface area (Å²) in [6.07, 6.45) is 0. The van der Waals surface area contributed by atoms with Crippen LogP contribution in [0.4, 0.5) is 11.4 Å². The molecule has 1 saturated heterocycles. The van der Waals surface area contributed by atoms with Gasteiger partial charge in [0.25, 0.3) is 0 Å². The zero-order chi connectivity index (χ0) is 16.9. The van der Waals surface area contributed by atoms with Crippen LogP contribution in [0.1, 0.15) is 0 Å². The second-order valence-corrected chi connectivity index (χ2v) is 6.32. The number of anilines is 2. The Bertz CT molecular complexity index is 685. The van der Waals surface area contributed by atoms with Gasteiger partial charge in [0.15, 0.2) is 15.3 Å². The number of rotatable bonds is 2. The molecule has 0 unspecified atom stereocenters. The lowest BCUT2D eigenvalue weighted by Gasteiger charge is -2.23. The SMILES string of the molecule is S=C(Nc1ccccc1)N1CCN(C(=S)Nc2ccccc2)C1=S. The molecule has 0 aromatic heterocycles. The highest BCUT2D eigenvalue weighted by Gasteiger charge is 2.30. The van der Waals surface area contributed by atoms with E-state index in [1.165, 1.54) is 0 Å². The maximum absolute atomic E-state index is 5.54. The van der Waals surface area contributed by atoms with Gasteiger partial charge in [-0.2, -0.15) is 0 Å². The second-order valence-electron chi connectivity index (χ2n) is 5.18. The molecular weight excluding hydrogens is 356 g/mol. The van der Waals surface area contributed by atoms with Crippen molar-refractivity contribution in [3.63, 3.8) is 0 Å². The van der Waals surface area contributed by atoms with E-state index in [-0.39, 0.29) is 0 Å². The Morgan fingerprint density at radius 1 is 0.708 bits per heavy atom. The summed E-state index contributed by atoms with van der Waals surface area (Å²) in [6, 6.07) is 19.6. The molecule has 0 atom stereocenters. The first-order chi connectivity index (χ1) is 11.6. The highest BCUT2D eigenvalue weighted by molar-refractivity contribution is 7.82. The smallest absolute Gasteiger partial charge is 0.184 e. The van der Waals surface area contributed by atoms with Crippen molar-refractivity contribution in [3.8, 4) is 0 Å². The summed E-state index contributed by atoms with van der Waals surface area (Å²) >= 11 is 16.5. The van der Waals surface area contributed by atoms with E-state index in [1.807, 2.05) is 70.5 Å². The fraction of sp³-hybridized carbons (Fsp3) is 0.118. The van der Waals surface area contributed by atoms with E-state index in [1.54, 1.807) is 0 Å². The van der Waals surface area contributed by atoms with Gasteiger partial charge in [-0.15, -0.1) is 0 Å². The van der Waals surface area contributed by atoms with Gasteiger partial charge in [-0.25, -0.2) is 0 Å². The molecule has 0 amide bonds. The number of nitrogens with one attached hydrogen (secondary N) is 2. The normalized spacial score (nSPS) is 13.8. The Balaban J connectivity index is 1.62. The summed E-state index contributed by atoms with van der Waals surface area (Å²) in [5.41, 5.74) is 1.88. The van der Waals surface area contributed by atoms with Crippen molar-refractivity contribution >= 4 is 63.4 Å². The van der Waals surface area contributed by atoms with Crippen molar-refractivity contribution in [2.75, 3.05) is 23.7 Å². The van der Waals surface area contributed by atoms with Crippen molar-refractivity contribution in [1.29, 1.82) is 0 Å². The first kappa shape index (κ1) is 16.8. The number of nitrogens with zero attached hydrogens (tertiary/aromatic N) is 2. The molecule has 2 N–H and O–H groups in total. The summed E-state index contributed by atoms with van der Waals surface area (Å²) in [4.78, 5) is 3.77. The van der Waals surface area contributed by atoms with Crippen LogP contribution in [-0.2, 0) is 0 Å². The van der Waals surface area contributed by atoms with Crippen LogP contribution < -0.4 is 10.6 Å². The summed E-state index contributed by atoms with van der Waals surface area (Å²) in [5.74, 6) is 0. The van der Waals surface area contributed by atoms with Gasteiger partial charge < -0.3 is 10.6 Å². The number of para-hydroxylation sites is 2. The highest BCUT2D eigenvalue weighted by atomic mass is 32.1. The molecule has 0 radical (unpaired) electrons. The molecule has 0 spiro atoms. The van der Waals surface area contributed by atoms with E-state index in [2.05, 4.69) is 10.6 Å². The van der Waals surface area contributed by atoms with Gasteiger partial charge in [0, 0.05) is 24.5 Å². The van der Waals surface area contributed by atoms with Gasteiger partial charge in [-0.3, -0.25) is 9.80 Å². The Kier molecular flexibility index (Phi) is 5.34. The molecule has 2 aromatic rings. The molecule has 2 aromatic carbocycles. The van der Waals surface area contributed by atoms with Crippen LogP contribution in [0, 0.1) is 0 Å². The van der Waals surface area contributed by atoms with Gasteiger partial charge >= 0.3 is 0 Å². The van der Waals surface area contributed by atoms with Crippen LogP contribution in [0.2, 0.25) is 0 Å². The third-order valence-electron chi connectivity index (χ3n) is 3.55. The van der Waals surface area contributed by atoms with Gasteiger partial charge in [0.05, 0.1) is 0 Å². The zero-order valence-corrected chi connectivity index (χ0v) is 15.3. The fourth-order valence-corrected chi connectivity index (χ4v) is 3.41. The lowest BCUT2D eigenvalue weighted by Crippen LogP contribution is -2.42. The molecule has 0 aliphatic carbocycles. The summed E-state index contributed by atoms with van der Waals surface area (Å²) in [5, 5.41) is 8.17. The van der Waals surface area contributed by atoms with Crippen LogP contribution >= 0.6 is 36.7 Å². The molecule has 1 fully saturated rings. The average Bonchev–Trinajstić information content (AvgIpc) is 2.98. The molecule has 0 saturated carbocycles. The Morgan fingerprint density at radius 3 is 1.46 bits per heavy atom. The zero-order valence-electron chi connectivity index (χ0n) is 12.8. The predicted octanol–water partition coefficient (Wildman–Crippen LogP) is 3.68. The molecule has 7 heteroatoms. The number of thiocarbonyl (C=S) groups is 3. The van der Waals surface area contributed by atoms with Crippen LogP contribution in [-0.4, -0.2) is 38.2 Å². The van der Waals surface area contributed by atoms with Crippen LogP contribution in [0.5, 0.6) is 0 Å². The fourth-order valence-electron chi connectivity index (χ4n) is 2.34. The van der Waals surface area contributed by atoms with Gasteiger partial charge in [0.2, 0.25) is 0 Å². The standard InChI is InChI=1S/C17H16N4S3/c22-15(18-13-7-3-1-4-8-13)20-11-12-21(17(20)24)16(23)19-14-9-5-2-6-10-14/h1-10H,11-12H2,(H,18,22)(H,19,23). The molecule has 1 aliphatic rings. The lowest BCUT2D eigenvalue weighted by molar-refractivity contribution is 0.660. The third-order valence-corrected chi connectivity index (χ3v) is 4.64. The summed E-state index contributed by atoms with van der Waals surface area (Å²) in [7, 11) is 0. The quantitative estimate of drug-likeness (QED) is 0.778. The molecule has 3 rings (SSSR count). The van der Waals surface area contributed by atoms with E-state index < -0.39 is 0 Å². The van der Waals surface area contributed by atoms with Crippen LogP contribution in [0.15, 0.2) is 60.7 Å². The monoisotopic (exact) mass is 372 g/mol. The summed E-state index contributed by atoms with van der Waals surface area (Å²) in [6.45, 7) is 1.40. The summed E-state index contributed by atoms with van der Waals surface area (Å²) < 4.78 is 0. The molecular formula is C17H16N4S3. The molecule has 24 heavy (non-hydrogen) atoms. The van der Waals surface area contributed by atoms with Gasteiger partial charge in [-0.05, 0) is 60.9 Å². The van der Waals surface area contributed by atoms with E-state index in [0.717, 1.165) is 11.4 Å². The molecule has 122 valence electrons. The van der Waals surface area contributed by atoms with E-state index in [9.17, 15) is 0 Å². The number of benzene rings is 2. The molecule has 1 heterocycles. The Morgan fingerprint density at radius 2 is 1.08 bits per heavy atom. The van der Waals surface area contributed by atoms with Crippen molar-refractivity contribution in [2.45, 2.75) is 0 Å². The number of hydrogen-bond acceptors (Lipinski definition) is 3. The van der Waals surface area contributed by atoms with Crippen molar-refractivity contribution in [3.05, 3.63) is 60.7 Å². The predicted molar refractivity (Wildman–Crippen MR) is 111 cm³/mol. The minimum absolute atomic E-state index is 0.580. The first-order valence-corrected chi connectivity index (χ1v) is 8.69. The van der Waals surface area contributed by atoms with Crippen molar-refractivity contribution in [1.82, 2.24) is 9.80 Å². The van der Waals surface area contributed by atoms with E-state index >= 15 is 0 Å². The average molecular weight is 373 g/mol. The third kappa shape index (κ3) is 3.87. The highest BCUT2D eigenvalue weighted by Crippen LogP contribution is 2.15. The molecule has 4 nitrogen and oxygen atoms in total. The lowest BCUT2D eigenvalue weighted by atomic mass is 10.3. The minimum Gasteiger partial charge on any atom is -0.332 e. The molecule has 0 bridgehead atoms. The second kappa shape index (κ2) is 7.65. The van der Waals surface area contributed by atoms with Crippen molar-refractivity contribution in [2.24, 2.45) is 0 Å². The van der Waals surface area contributed by atoms with E-state index in [0.29, 0.717) is 28.4 Å². The topological polar surface area (TPSA) is 30.5 Å².